The Morgan fingerprint density at radius 3 is 3.10 bits per heavy atom. The second-order valence-electron chi connectivity index (χ2n) is 2.84. The Labute approximate surface area is 58.7 Å². The number of hydrogen-bond acceptors (Lipinski definition) is 3. The number of rotatable bonds is 0. The van der Waals surface area contributed by atoms with Gasteiger partial charge in [0.1, 0.15) is 5.84 Å². The molecule has 0 radical (unpaired) electrons. The van der Waals surface area contributed by atoms with Crippen molar-refractivity contribution in [1.29, 1.82) is 0 Å². The van der Waals surface area contributed by atoms with Gasteiger partial charge in [-0.25, -0.2) is 5.01 Å². The van der Waals surface area contributed by atoms with E-state index in [-0.39, 0.29) is 17.7 Å². The van der Waals surface area contributed by atoms with E-state index >= 15 is 0 Å². The monoisotopic (exact) mass is 139 g/mol. The van der Waals surface area contributed by atoms with Gasteiger partial charge in [0.15, 0.2) is 0 Å². The standard InChI is InChI=1S/C6H9N3O/c1-9-6(10)4-2-3(4)5(7)8-9/h3-4H,2H2,1H3,(H2,7,8)/t3-,4-/m1/s1. The van der Waals surface area contributed by atoms with Crippen LogP contribution in [0.5, 0.6) is 0 Å². The van der Waals surface area contributed by atoms with Crippen LogP contribution in [0.1, 0.15) is 6.42 Å². The summed E-state index contributed by atoms with van der Waals surface area (Å²) in [6, 6.07) is 0. The number of nitrogens with two attached hydrogens (primary N) is 1. The Morgan fingerprint density at radius 1 is 1.70 bits per heavy atom. The molecule has 1 aliphatic heterocycles. The Balaban J connectivity index is 2.30. The van der Waals surface area contributed by atoms with Crippen LogP contribution in [0.4, 0.5) is 0 Å². The van der Waals surface area contributed by atoms with Crippen molar-refractivity contribution in [3.05, 3.63) is 0 Å². The van der Waals surface area contributed by atoms with Crippen LogP contribution >= 0.6 is 0 Å². The van der Waals surface area contributed by atoms with Crippen molar-refractivity contribution in [2.45, 2.75) is 6.42 Å². The molecular weight excluding hydrogens is 130 g/mol. The van der Waals surface area contributed by atoms with Crippen molar-refractivity contribution in [2.75, 3.05) is 7.05 Å². The predicted octanol–water partition coefficient (Wildman–Crippen LogP) is -0.633. The van der Waals surface area contributed by atoms with E-state index in [9.17, 15) is 4.79 Å². The van der Waals surface area contributed by atoms with Gasteiger partial charge in [-0.3, -0.25) is 4.79 Å². The lowest BCUT2D eigenvalue weighted by Gasteiger charge is -2.15. The predicted molar refractivity (Wildman–Crippen MR) is 36.0 cm³/mol. The van der Waals surface area contributed by atoms with Gasteiger partial charge in [-0.1, -0.05) is 0 Å². The second-order valence-corrected chi connectivity index (χ2v) is 2.84. The first kappa shape index (κ1) is 5.70. The molecule has 1 fully saturated rings. The number of carbonyl (C=O) groups is 1. The molecule has 0 unspecified atom stereocenters. The van der Waals surface area contributed by atoms with Gasteiger partial charge >= 0.3 is 0 Å². The van der Waals surface area contributed by atoms with Crippen LogP contribution < -0.4 is 5.73 Å². The molecule has 2 aliphatic rings. The summed E-state index contributed by atoms with van der Waals surface area (Å²) in [4.78, 5) is 11.1. The third-order valence-electron chi connectivity index (χ3n) is 2.07. The average Bonchev–Trinajstić information content (AvgIpc) is 2.61. The molecule has 2 rings (SSSR count). The van der Waals surface area contributed by atoms with Crippen LogP contribution in [-0.4, -0.2) is 23.8 Å². The van der Waals surface area contributed by atoms with Crippen LogP contribution in [0.3, 0.4) is 0 Å². The van der Waals surface area contributed by atoms with Crippen molar-refractivity contribution >= 4 is 11.7 Å². The summed E-state index contributed by atoms with van der Waals surface area (Å²) >= 11 is 0. The summed E-state index contributed by atoms with van der Waals surface area (Å²) < 4.78 is 0. The minimum absolute atomic E-state index is 0.110. The minimum atomic E-state index is 0.110. The highest BCUT2D eigenvalue weighted by Gasteiger charge is 2.49. The largest absolute Gasteiger partial charge is 0.385 e. The summed E-state index contributed by atoms with van der Waals surface area (Å²) in [5.41, 5.74) is 5.53. The Bertz CT molecular complexity index is 223. The maximum Gasteiger partial charge on any atom is 0.246 e. The minimum Gasteiger partial charge on any atom is -0.385 e. The van der Waals surface area contributed by atoms with Crippen molar-refractivity contribution in [3.63, 3.8) is 0 Å². The number of hydrogen-bond donors (Lipinski definition) is 1. The zero-order valence-electron chi connectivity index (χ0n) is 5.74. The summed E-state index contributed by atoms with van der Waals surface area (Å²) in [5, 5.41) is 5.20. The fraction of sp³-hybridized carbons (Fsp3) is 0.667. The van der Waals surface area contributed by atoms with E-state index in [1.54, 1.807) is 7.05 Å². The number of nitrogens with zero attached hydrogens (tertiary/aromatic N) is 2. The molecule has 1 amide bonds. The van der Waals surface area contributed by atoms with E-state index in [1.165, 1.54) is 5.01 Å². The summed E-state index contributed by atoms with van der Waals surface area (Å²) in [5.74, 6) is 1.15. The Hall–Kier alpha value is -1.06. The highest BCUT2D eigenvalue weighted by molar-refractivity contribution is 5.97. The van der Waals surface area contributed by atoms with Gasteiger partial charge in [0.25, 0.3) is 0 Å². The first-order chi connectivity index (χ1) is 4.70. The van der Waals surface area contributed by atoms with Crippen LogP contribution in [-0.2, 0) is 4.79 Å². The quantitative estimate of drug-likeness (QED) is 0.485. The van der Waals surface area contributed by atoms with Gasteiger partial charge in [0.05, 0.1) is 5.92 Å². The Morgan fingerprint density at radius 2 is 2.40 bits per heavy atom. The molecule has 10 heavy (non-hydrogen) atoms. The molecular formula is C6H9N3O. The molecule has 0 spiro atoms. The maximum atomic E-state index is 11.1. The first-order valence-electron chi connectivity index (χ1n) is 3.31. The van der Waals surface area contributed by atoms with Gasteiger partial charge in [-0.05, 0) is 6.42 Å². The fourth-order valence-corrected chi connectivity index (χ4v) is 1.33. The number of amidine groups is 1. The van der Waals surface area contributed by atoms with Gasteiger partial charge in [0, 0.05) is 13.0 Å². The lowest BCUT2D eigenvalue weighted by Crippen LogP contribution is -2.33. The van der Waals surface area contributed by atoms with Gasteiger partial charge in [-0.2, -0.15) is 5.10 Å². The zero-order valence-corrected chi connectivity index (χ0v) is 5.74. The van der Waals surface area contributed by atoms with Crippen molar-refractivity contribution in [3.8, 4) is 0 Å². The highest BCUT2D eigenvalue weighted by Crippen LogP contribution is 2.42. The van der Waals surface area contributed by atoms with Crippen LogP contribution in [0, 0.1) is 11.8 Å². The summed E-state index contributed by atoms with van der Waals surface area (Å²) in [6.07, 6.45) is 0.901. The topological polar surface area (TPSA) is 58.7 Å². The molecule has 0 aromatic rings. The fourth-order valence-electron chi connectivity index (χ4n) is 1.33. The summed E-state index contributed by atoms with van der Waals surface area (Å²) in [7, 11) is 1.64. The molecule has 0 aromatic carbocycles. The van der Waals surface area contributed by atoms with Crippen LogP contribution in [0.2, 0.25) is 0 Å². The molecule has 4 nitrogen and oxygen atoms in total. The average molecular weight is 139 g/mol. The van der Waals surface area contributed by atoms with E-state index < -0.39 is 0 Å². The molecule has 1 aliphatic carbocycles. The van der Waals surface area contributed by atoms with E-state index in [0.29, 0.717) is 5.84 Å². The molecule has 1 saturated carbocycles. The molecule has 54 valence electrons. The van der Waals surface area contributed by atoms with E-state index in [2.05, 4.69) is 5.10 Å². The van der Waals surface area contributed by atoms with E-state index in [0.717, 1.165) is 6.42 Å². The van der Waals surface area contributed by atoms with Crippen LogP contribution in [0.15, 0.2) is 5.10 Å². The van der Waals surface area contributed by atoms with E-state index in [1.807, 2.05) is 0 Å². The molecule has 1 heterocycles. The number of fused-ring (bicyclic) bond motifs is 1. The SMILES string of the molecule is CN1N=C(N)[C@@H]2C[C@H]2C1=O. The number of amides is 1. The van der Waals surface area contributed by atoms with Crippen LogP contribution in [0.25, 0.3) is 0 Å². The first-order valence-corrected chi connectivity index (χ1v) is 3.31. The van der Waals surface area contributed by atoms with E-state index in [4.69, 9.17) is 5.73 Å². The third kappa shape index (κ3) is 0.558. The number of carbonyl (C=O) groups excluding carboxylic acids is 1. The highest BCUT2D eigenvalue weighted by atomic mass is 16.2. The molecule has 0 aromatic heterocycles. The molecule has 0 bridgehead atoms. The molecule has 0 saturated heterocycles. The summed E-state index contributed by atoms with van der Waals surface area (Å²) in [6.45, 7) is 0. The van der Waals surface area contributed by atoms with Crippen molar-refractivity contribution in [1.82, 2.24) is 5.01 Å². The smallest absolute Gasteiger partial charge is 0.246 e. The normalized spacial score (nSPS) is 37.1. The lowest BCUT2D eigenvalue weighted by atomic mass is 10.2. The number of hydrazone groups is 1. The second kappa shape index (κ2) is 1.51. The van der Waals surface area contributed by atoms with Gasteiger partial charge in [0.2, 0.25) is 5.91 Å². The van der Waals surface area contributed by atoms with Crippen molar-refractivity contribution < 1.29 is 4.79 Å². The molecule has 2 N–H and O–H groups in total. The maximum absolute atomic E-state index is 11.1. The van der Waals surface area contributed by atoms with Gasteiger partial charge < -0.3 is 5.73 Å². The molecule has 4 heteroatoms. The lowest BCUT2D eigenvalue weighted by molar-refractivity contribution is -0.131. The van der Waals surface area contributed by atoms with Crippen molar-refractivity contribution in [2.24, 2.45) is 22.7 Å². The third-order valence-corrected chi connectivity index (χ3v) is 2.07. The van der Waals surface area contributed by atoms with Gasteiger partial charge in [-0.15, -0.1) is 0 Å². The Kier molecular flexibility index (Phi) is 0.859. The zero-order chi connectivity index (χ0) is 7.30. The molecule has 2 atom stereocenters.